The van der Waals surface area contributed by atoms with Gasteiger partial charge in [-0.05, 0) is 20.3 Å². The number of methoxy groups -OCH3 is 1. The van der Waals surface area contributed by atoms with E-state index in [-0.39, 0.29) is 11.8 Å². The van der Waals surface area contributed by atoms with Crippen LogP contribution in [0.25, 0.3) is 0 Å². The molecule has 0 aromatic carbocycles. The highest BCUT2D eigenvalue weighted by Gasteiger charge is 2.19. The van der Waals surface area contributed by atoms with Crippen LogP contribution in [0, 0.1) is 13.8 Å². The van der Waals surface area contributed by atoms with E-state index in [9.17, 15) is 4.79 Å². The van der Waals surface area contributed by atoms with Crippen molar-refractivity contribution in [1.29, 1.82) is 0 Å². The highest BCUT2D eigenvalue weighted by Crippen LogP contribution is 2.15. The van der Waals surface area contributed by atoms with E-state index in [2.05, 4.69) is 5.10 Å². The van der Waals surface area contributed by atoms with Crippen molar-refractivity contribution >= 4 is 5.78 Å². The van der Waals surface area contributed by atoms with E-state index in [4.69, 9.17) is 10.5 Å². The molecule has 1 rings (SSSR count). The molecule has 0 bridgehead atoms. The first-order valence-electron chi connectivity index (χ1n) is 5.75. The lowest BCUT2D eigenvalue weighted by Crippen LogP contribution is -2.25. The fraction of sp³-hybridized carbons (Fsp3) is 0.667. The lowest BCUT2D eigenvalue weighted by atomic mass is 10.0. The molecule has 5 heteroatoms. The van der Waals surface area contributed by atoms with Gasteiger partial charge in [0.1, 0.15) is 0 Å². The first-order valence-corrected chi connectivity index (χ1v) is 5.75. The number of ketones is 1. The third kappa shape index (κ3) is 3.38. The van der Waals surface area contributed by atoms with Crippen LogP contribution in [0.4, 0.5) is 0 Å². The Morgan fingerprint density at radius 2 is 2.18 bits per heavy atom. The quantitative estimate of drug-likeness (QED) is 0.751. The van der Waals surface area contributed by atoms with Crippen LogP contribution in [-0.4, -0.2) is 35.3 Å². The molecule has 0 saturated heterocycles. The molecule has 0 aliphatic rings. The van der Waals surface area contributed by atoms with Crippen LogP contribution in [0.2, 0.25) is 0 Å². The van der Waals surface area contributed by atoms with Gasteiger partial charge in [-0.1, -0.05) is 0 Å². The minimum atomic E-state index is -0.151. The molecule has 1 heterocycles. The maximum Gasteiger partial charge on any atom is 0.168 e. The van der Waals surface area contributed by atoms with Gasteiger partial charge in [-0.2, -0.15) is 5.10 Å². The maximum atomic E-state index is 12.1. The molecule has 0 fully saturated rings. The third-order valence-corrected chi connectivity index (χ3v) is 2.93. The average molecular weight is 239 g/mol. The summed E-state index contributed by atoms with van der Waals surface area (Å²) in [5.74, 6) is 0.0664. The van der Waals surface area contributed by atoms with Crippen molar-refractivity contribution in [2.75, 3.05) is 13.7 Å². The fourth-order valence-corrected chi connectivity index (χ4v) is 1.89. The molecule has 0 radical (unpaired) electrons. The number of nitrogens with zero attached hydrogens (tertiary/aromatic N) is 2. The molecule has 1 aromatic rings. The molecule has 0 aliphatic heterocycles. The second-order valence-corrected chi connectivity index (χ2v) is 4.34. The van der Waals surface area contributed by atoms with Gasteiger partial charge in [0, 0.05) is 38.9 Å². The monoisotopic (exact) mass is 239 g/mol. The zero-order valence-electron chi connectivity index (χ0n) is 11.0. The van der Waals surface area contributed by atoms with Crippen LogP contribution in [0.15, 0.2) is 0 Å². The van der Waals surface area contributed by atoms with Crippen molar-refractivity contribution < 1.29 is 9.53 Å². The third-order valence-electron chi connectivity index (χ3n) is 2.93. The van der Waals surface area contributed by atoms with Gasteiger partial charge in [-0.25, -0.2) is 0 Å². The number of aromatic nitrogens is 2. The molecule has 0 spiro atoms. The van der Waals surface area contributed by atoms with Gasteiger partial charge in [0.05, 0.1) is 11.3 Å². The number of carbonyl (C=O) groups excluding carboxylic acids is 1. The lowest BCUT2D eigenvalue weighted by molar-refractivity contribution is 0.0965. The largest absolute Gasteiger partial charge is 0.385 e. The summed E-state index contributed by atoms with van der Waals surface area (Å²) >= 11 is 0. The summed E-state index contributed by atoms with van der Waals surface area (Å²) < 4.78 is 6.67. The topological polar surface area (TPSA) is 70.1 Å². The van der Waals surface area contributed by atoms with E-state index in [1.54, 1.807) is 11.8 Å². The molecule has 1 unspecified atom stereocenters. The summed E-state index contributed by atoms with van der Waals surface area (Å²) in [5, 5.41) is 4.23. The van der Waals surface area contributed by atoms with Crippen molar-refractivity contribution in [3.63, 3.8) is 0 Å². The van der Waals surface area contributed by atoms with E-state index in [0.717, 1.165) is 11.4 Å². The molecular weight excluding hydrogens is 218 g/mol. The van der Waals surface area contributed by atoms with Crippen LogP contribution < -0.4 is 5.73 Å². The maximum absolute atomic E-state index is 12.1. The Kier molecular flexibility index (Phi) is 4.84. The molecule has 2 N–H and O–H groups in total. The molecular formula is C12H21N3O2. The Bertz CT molecular complexity index is 399. The molecule has 17 heavy (non-hydrogen) atoms. The van der Waals surface area contributed by atoms with Crippen molar-refractivity contribution in [1.82, 2.24) is 9.78 Å². The first kappa shape index (κ1) is 13.9. The van der Waals surface area contributed by atoms with Gasteiger partial charge < -0.3 is 10.5 Å². The second kappa shape index (κ2) is 5.93. The summed E-state index contributed by atoms with van der Waals surface area (Å²) in [6.07, 6.45) is 1.04. The zero-order valence-corrected chi connectivity index (χ0v) is 11.0. The molecule has 0 amide bonds. The highest BCUT2D eigenvalue weighted by molar-refractivity contribution is 5.98. The number of carbonyl (C=O) groups is 1. The van der Waals surface area contributed by atoms with Gasteiger partial charge >= 0.3 is 0 Å². The molecule has 5 nitrogen and oxygen atoms in total. The predicted molar refractivity (Wildman–Crippen MR) is 66.1 cm³/mol. The van der Waals surface area contributed by atoms with E-state index in [1.165, 1.54) is 0 Å². The van der Waals surface area contributed by atoms with Crippen molar-refractivity contribution in [2.24, 2.45) is 12.8 Å². The fourth-order valence-electron chi connectivity index (χ4n) is 1.89. The van der Waals surface area contributed by atoms with E-state index in [0.29, 0.717) is 25.0 Å². The van der Waals surface area contributed by atoms with Crippen LogP contribution in [0.1, 0.15) is 34.6 Å². The molecule has 1 aromatic heterocycles. The van der Waals surface area contributed by atoms with Gasteiger partial charge in [-0.15, -0.1) is 0 Å². The average Bonchev–Trinajstić information content (AvgIpc) is 2.50. The number of Topliss-reactive ketones (excluding diaryl/α,β-unsaturated/α-hetero) is 1. The number of hydrogen-bond acceptors (Lipinski definition) is 4. The Morgan fingerprint density at radius 3 is 2.65 bits per heavy atom. The number of ether oxygens (including phenoxy) is 1. The van der Waals surface area contributed by atoms with Gasteiger partial charge in [0.2, 0.25) is 0 Å². The Balaban J connectivity index is 2.70. The summed E-state index contributed by atoms with van der Waals surface area (Å²) in [6, 6.07) is -0.151. The van der Waals surface area contributed by atoms with Gasteiger partial charge in [0.25, 0.3) is 0 Å². The second-order valence-electron chi connectivity index (χ2n) is 4.34. The van der Waals surface area contributed by atoms with Crippen LogP contribution in [-0.2, 0) is 11.8 Å². The summed E-state index contributed by atoms with van der Waals surface area (Å²) in [7, 11) is 3.47. The summed E-state index contributed by atoms with van der Waals surface area (Å²) in [6.45, 7) is 4.33. The van der Waals surface area contributed by atoms with E-state index < -0.39 is 0 Å². The standard InChI is InChI=1S/C12H21N3O2/c1-8-12(9(2)15(3)14-8)11(16)7-10(13)5-6-17-4/h10H,5-7,13H2,1-4H3. The predicted octanol–water partition coefficient (Wildman–Crippen LogP) is 0.974. The molecule has 1 atom stereocenters. The smallest absolute Gasteiger partial charge is 0.168 e. The Morgan fingerprint density at radius 1 is 1.53 bits per heavy atom. The number of nitrogens with two attached hydrogens (primary N) is 1. The zero-order chi connectivity index (χ0) is 13.0. The number of aryl methyl sites for hydroxylation is 2. The minimum Gasteiger partial charge on any atom is -0.385 e. The normalized spacial score (nSPS) is 12.8. The number of rotatable bonds is 6. The Hall–Kier alpha value is -1.20. The van der Waals surface area contributed by atoms with Crippen LogP contribution in [0.3, 0.4) is 0 Å². The van der Waals surface area contributed by atoms with Crippen molar-refractivity contribution in [3.8, 4) is 0 Å². The highest BCUT2D eigenvalue weighted by atomic mass is 16.5. The molecule has 0 saturated carbocycles. The van der Waals surface area contributed by atoms with E-state index >= 15 is 0 Å². The van der Waals surface area contributed by atoms with Crippen LogP contribution in [0.5, 0.6) is 0 Å². The van der Waals surface area contributed by atoms with Crippen LogP contribution >= 0.6 is 0 Å². The lowest BCUT2D eigenvalue weighted by Gasteiger charge is -2.10. The summed E-state index contributed by atoms with van der Waals surface area (Å²) in [4.78, 5) is 12.1. The number of hydrogen-bond donors (Lipinski definition) is 1. The van der Waals surface area contributed by atoms with E-state index in [1.807, 2.05) is 20.9 Å². The Labute approximate surface area is 102 Å². The molecule has 96 valence electrons. The molecule has 0 aliphatic carbocycles. The van der Waals surface area contributed by atoms with Crippen molar-refractivity contribution in [2.45, 2.75) is 32.7 Å². The van der Waals surface area contributed by atoms with Crippen molar-refractivity contribution in [3.05, 3.63) is 17.0 Å². The summed E-state index contributed by atoms with van der Waals surface area (Å²) in [5.41, 5.74) is 8.25. The minimum absolute atomic E-state index is 0.0664. The first-order chi connectivity index (χ1) is 7.97. The van der Waals surface area contributed by atoms with Gasteiger partial charge in [0.15, 0.2) is 5.78 Å². The SMILES string of the molecule is COCCC(N)CC(=O)c1c(C)nn(C)c1C. The van der Waals surface area contributed by atoms with Gasteiger partial charge in [-0.3, -0.25) is 9.48 Å².